The topological polar surface area (TPSA) is 90.9 Å². The second kappa shape index (κ2) is 15.1. The van der Waals surface area contributed by atoms with Gasteiger partial charge in [0, 0.05) is 23.7 Å². The molecule has 4 rings (SSSR count). The van der Waals surface area contributed by atoms with E-state index in [1.54, 1.807) is 31.4 Å². The summed E-state index contributed by atoms with van der Waals surface area (Å²) in [7, 11) is 3.58. The van der Waals surface area contributed by atoms with Gasteiger partial charge in [0.25, 0.3) is 11.8 Å². The number of carbonyl (C=O) groups excluding carboxylic acids is 2. The first-order valence-corrected chi connectivity index (χ1v) is 14.6. The summed E-state index contributed by atoms with van der Waals surface area (Å²) in [5.74, 6) is 0.112. The zero-order valence-corrected chi connectivity index (χ0v) is 25.2. The van der Waals surface area contributed by atoms with E-state index in [1.165, 1.54) is 0 Å². The van der Waals surface area contributed by atoms with E-state index >= 15 is 0 Å². The average Bonchev–Trinajstić information content (AvgIpc) is 3.04. The molecule has 7 heteroatoms. The molecule has 0 radical (unpaired) electrons. The molecule has 3 N–H and O–H groups in total. The molecule has 0 heterocycles. The summed E-state index contributed by atoms with van der Waals surface area (Å²) in [5.41, 5.74) is 3.82. The summed E-state index contributed by atoms with van der Waals surface area (Å²) in [4.78, 5) is 28.7. The summed E-state index contributed by atoms with van der Waals surface area (Å²) in [6, 6.07) is 33.4. The molecular formula is C36H41N3O4. The van der Waals surface area contributed by atoms with Crippen molar-refractivity contribution in [3.8, 4) is 5.75 Å². The smallest absolute Gasteiger partial charge is 0.251 e. The third kappa shape index (κ3) is 8.77. The quantitative estimate of drug-likeness (QED) is 0.192. The normalized spacial score (nSPS) is 13.9. The molecule has 0 bridgehead atoms. The van der Waals surface area contributed by atoms with Crippen LogP contribution < -0.4 is 15.4 Å². The molecule has 7 nitrogen and oxygen atoms in total. The summed E-state index contributed by atoms with van der Waals surface area (Å²) < 4.78 is 5.21. The van der Waals surface area contributed by atoms with E-state index in [-0.39, 0.29) is 23.9 Å². The van der Waals surface area contributed by atoms with Gasteiger partial charge in [-0.25, -0.2) is 0 Å². The fraction of sp³-hybridized carbons (Fsp3) is 0.278. The number of likely N-dealkylation sites (N-methyl/N-ethyl adjacent to an activating group) is 1. The van der Waals surface area contributed by atoms with Crippen LogP contribution in [0, 0.1) is 0 Å². The third-order valence-corrected chi connectivity index (χ3v) is 7.85. The standard InChI is InChI=1S/C36H41N3O4/c1-25(28-18-20-32(43-4)21-19-28)37-35(41)30-16-11-17-31(23-30)36(42)38-33(22-27-12-7-5-8-13-27)34(40)24-39(3)26(2)29-14-9-6-10-15-29/h5-21,23,25-26,33-34,40H,22,24H2,1-4H3,(H,37,41)(H,38,42)/t25-,26+,33+,34-/m1/s1. The van der Waals surface area contributed by atoms with E-state index < -0.39 is 12.1 Å². The van der Waals surface area contributed by atoms with Crippen molar-refractivity contribution in [3.63, 3.8) is 0 Å². The van der Waals surface area contributed by atoms with Crippen molar-refractivity contribution < 1.29 is 19.4 Å². The number of hydrogen-bond donors (Lipinski definition) is 3. The molecule has 0 aliphatic heterocycles. The molecule has 4 aromatic rings. The van der Waals surface area contributed by atoms with Crippen LogP contribution in [0.25, 0.3) is 0 Å². The highest BCUT2D eigenvalue weighted by molar-refractivity contribution is 5.99. The fourth-order valence-electron chi connectivity index (χ4n) is 5.03. The van der Waals surface area contributed by atoms with Crippen LogP contribution in [0.2, 0.25) is 0 Å². The van der Waals surface area contributed by atoms with Crippen LogP contribution in [0.15, 0.2) is 109 Å². The highest BCUT2D eigenvalue weighted by atomic mass is 16.5. The van der Waals surface area contributed by atoms with E-state index in [9.17, 15) is 14.7 Å². The van der Waals surface area contributed by atoms with Crippen molar-refractivity contribution >= 4 is 11.8 Å². The predicted molar refractivity (Wildman–Crippen MR) is 170 cm³/mol. The van der Waals surface area contributed by atoms with Gasteiger partial charge in [0.1, 0.15) is 5.75 Å². The molecule has 0 aromatic heterocycles. The lowest BCUT2D eigenvalue weighted by molar-refractivity contribution is 0.0656. The van der Waals surface area contributed by atoms with E-state index in [4.69, 9.17) is 4.74 Å². The highest BCUT2D eigenvalue weighted by Crippen LogP contribution is 2.20. The van der Waals surface area contributed by atoms with E-state index in [0.29, 0.717) is 24.1 Å². The Labute approximate surface area is 254 Å². The Morgan fingerprint density at radius 3 is 1.95 bits per heavy atom. The van der Waals surface area contributed by atoms with Crippen molar-refractivity contribution in [2.24, 2.45) is 0 Å². The van der Waals surface area contributed by atoms with Crippen LogP contribution in [-0.2, 0) is 6.42 Å². The van der Waals surface area contributed by atoms with Gasteiger partial charge in [-0.05, 0) is 74.3 Å². The Bertz CT molecular complexity index is 1460. The first-order chi connectivity index (χ1) is 20.7. The fourth-order valence-corrected chi connectivity index (χ4v) is 5.03. The van der Waals surface area contributed by atoms with Crippen molar-refractivity contribution in [1.82, 2.24) is 15.5 Å². The van der Waals surface area contributed by atoms with Crippen LogP contribution in [0.5, 0.6) is 5.75 Å². The SMILES string of the molecule is COc1ccc([C@@H](C)NC(=O)c2cccc(C(=O)N[C@@H](Cc3ccccc3)[C@H](O)CN(C)[C@@H](C)c3ccccc3)c2)cc1. The minimum Gasteiger partial charge on any atom is -0.497 e. The van der Waals surface area contributed by atoms with Gasteiger partial charge < -0.3 is 20.5 Å². The van der Waals surface area contributed by atoms with Gasteiger partial charge in [-0.15, -0.1) is 0 Å². The van der Waals surface area contributed by atoms with Gasteiger partial charge in [0.05, 0.1) is 25.3 Å². The average molecular weight is 580 g/mol. The molecule has 0 saturated carbocycles. The monoisotopic (exact) mass is 579 g/mol. The highest BCUT2D eigenvalue weighted by Gasteiger charge is 2.26. The summed E-state index contributed by atoms with van der Waals surface area (Å²) in [5, 5.41) is 17.4. The van der Waals surface area contributed by atoms with Gasteiger partial charge in [-0.3, -0.25) is 14.5 Å². The minimum atomic E-state index is -0.836. The Balaban J connectivity index is 1.45. The number of aliphatic hydroxyl groups is 1. The maximum absolute atomic E-state index is 13.5. The molecule has 0 fully saturated rings. The lowest BCUT2D eigenvalue weighted by Crippen LogP contribution is -2.49. The van der Waals surface area contributed by atoms with E-state index in [0.717, 1.165) is 22.4 Å². The predicted octanol–water partition coefficient (Wildman–Crippen LogP) is 5.58. The van der Waals surface area contributed by atoms with Crippen LogP contribution in [-0.4, -0.2) is 54.7 Å². The Morgan fingerprint density at radius 1 is 0.767 bits per heavy atom. The van der Waals surface area contributed by atoms with Crippen LogP contribution in [0.4, 0.5) is 0 Å². The number of nitrogens with zero attached hydrogens (tertiary/aromatic N) is 1. The Morgan fingerprint density at radius 2 is 1.35 bits per heavy atom. The number of aliphatic hydroxyl groups excluding tert-OH is 1. The van der Waals surface area contributed by atoms with E-state index in [1.807, 2.05) is 86.8 Å². The maximum Gasteiger partial charge on any atom is 0.251 e. The summed E-state index contributed by atoms with van der Waals surface area (Å²) in [6.45, 7) is 4.36. The molecule has 43 heavy (non-hydrogen) atoms. The molecule has 0 unspecified atom stereocenters. The lowest BCUT2D eigenvalue weighted by Gasteiger charge is -2.31. The molecule has 2 amide bonds. The second-order valence-corrected chi connectivity index (χ2v) is 10.9. The number of carbonyl (C=O) groups is 2. The van der Waals surface area contributed by atoms with Gasteiger partial charge >= 0.3 is 0 Å². The molecule has 4 atom stereocenters. The lowest BCUT2D eigenvalue weighted by atomic mass is 9.99. The van der Waals surface area contributed by atoms with Gasteiger partial charge in [0.2, 0.25) is 0 Å². The summed E-state index contributed by atoms with van der Waals surface area (Å²) in [6.07, 6.45) is -0.377. The number of nitrogens with one attached hydrogen (secondary N) is 2. The number of hydrogen-bond acceptors (Lipinski definition) is 5. The number of amides is 2. The molecule has 224 valence electrons. The zero-order chi connectivity index (χ0) is 30.8. The maximum atomic E-state index is 13.5. The van der Waals surface area contributed by atoms with Crippen molar-refractivity contribution in [3.05, 3.63) is 137 Å². The largest absolute Gasteiger partial charge is 0.497 e. The second-order valence-electron chi connectivity index (χ2n) is 10.9. The molecular weight excluding hydrogens is 538 g/mol. The minimum absolute atomic E-state index is 0.0828. The number of benzene rings is 4. The molecule has 0 aliphatic carbocycles. The van der Waals surface area contributed by atoms with Crippen LogP contribution >= 0.6 is 0 Å². The molecule has 4 aromatic carbocycles. The Kier molecular flexibility index (Phi) is 11.1. The number of ether oxygens (including phenoxy) is 1. The third-order valence-electron chi connectivity index (χ3n) is 7.85. The summed E-state index contributed by atoms with van der Waals surface area (Å²) >= 11 is 0. The first-order valence-electron chi connectivity index (χ1n) is 14.6. The van der Waals surface area contributed by atoms with Crippen molar-refractivity contribution in [2.45, 2.75) is 44.5 Å². The van der Waals surface area contributed by atoms with Gasteiger partial charge in [-0.1, -0.05) is 78.9 Å². The van der Waals surface area contributed by atoms with Gasteiger partial charge in [0.15, 0.2) is 0 Å². The molecule has 0 saturated heterocycles. The Hall–Kier alpha value is -4.46. The van der Waals surface area contributed by atoms with Crippen molar-refractivity contribution in [2.75, 3.05) is 20.7 Å². The van der Waals surface area contributed by atoms with Gasteiger partial charge in [-0.2, -0.15) is 0 Å². The number of rotatable bonds is 13. The zero-order valence-electron chi connectivity index (χ0n) is 25.2. The first kappa shape index (κ1) is 31.5. The van der Waals surface area contributed by atoms with E-state index in [2.05, 4.69) is 34.6 Å². The van der Waals surface area contributed by atoms with Crippen LogP contribution in [0.1, 0.15) is 63.3 Å². The van der Waals surface area contributed by atoms with Crippen molar-refractivity contribution in [1.29, 1.82) is 0 Å². The van der Waals surface area contributed by atoms with Crippen LogP contribution in [0.3, 0.4) is 0 Å². The number of methoxy groups -OCH3 is 1. The molecule has 0 spiro atoms. The molecule has 0 aliphatic rings.